The average Bonchev–Trinajstić information content (AvgIpc) is 3.09. The molecule has 1 atom stereocenters. The van der Waals surface area contributed by atoms with Gasteiger partial charge >= 0.3 is 0 Å². The fourth-order valence-corrected chi connectivity index (χ4v) is 4.20. The summed E-state index contributed by atoms with van der Waals surface area (Å²) in [5.41, 5.74) is 4.54. The molecule has 0 bridgehead atoms. The Bertz CT molecular complexity index is 1180. The lowest BCUT2D eigenvalue weighted by molar-refractivity contribution is -0.140. The van der Waals surface area contributed by atoms with E-state index in [2.05, 4.69) is 25.8 Å². The van der Waals surface area contributed by atoms with Crippen LogP contribution in [0.15, 0.2) is 78.6 Å². The average molecular weight is 441 g/mol. The fraction of sp³-hybridized carbons (Fsp3) is 0.250. The summed E-state index contributed by atoms with van der Waals surface area (Å²) < 4.78 is 0. The summed E-state index contributed by atoms with van der Waals surface area (Å²) in [5, 5.41) is 11.2. The van der Waals surface area contributed by atoms with E-state index in [1.54, 1.807) is 30.6 Å². The number of likely N-dealkylation sites (tertiary alicyclic amines) is 1. The number of Topliss-reactive ketones (excluding diaryl/α,β-unsaturated/α-hetero) is 1. The van der Waals surface area contributed by atoms with Crippen LogP contribution < -0.4 is 0 Å². The zero-order chi connectivity index (χ0) is 23.5. The molecule has 5 heteroatoms. The first-order chi connectivity index (χ1) is 15.9. The number of carbonyl (C=O) groups excluding carboxylic acids is 2. The lowest BCUT2D eigenvalue weighted by Gasteiger charge is -2.25. The van der Waals surface area contributed by atoms with Gasteiger partial charge in [0.2, 0.25) is 0 Å². The highest BCUT2D eigenvalue weighted by atomic mass is 16.3. The van der Waals surface area contributed by atoms with Gasteiger partial charge in [-0.25, -0.2) is 0 Å². The lowest BCUT2D eigenvalue weighted by atomic mass is 9.93. The minimum Gasteiger partial charge on any atom is -0.507 e. The summed E-state index contributed by atoms with van der Waals surface area (Å²) in [7, 11) is 0. The number of benzene rings is 2. The smallest absolute Gasteiger partial charge is 0.295 e. The number of amides is 1. The molecule has 1 fully saturated rings. The topological polar surface area (TPSA) is 70.5 Å². The van der Waals surface area contributed by atoms with Crippen LogP contribution in [-0.2, 0) is 22.6 Å². The molecule has 1 N–H and O–H groups in total. The Balaban J connectivity index is 1.83. The highest BCUT2D eigenvalue weighted by Gasteiger charge is 2.46. The SMILES string of the molecule is CCc1ccc(/C(O)=C2/C(=O)C(=O)N(Cc3cccnc3)C2c2ccc(C(C)C)cc2)cc1. The summed E-state index contributed by atoms with van der Waals surface area (Å²) in [5.74, 6) is -1.09. The third-order valence-electron chi connectivity index (χ3n) is 6.17. The molecule has 5 nitrogen and oxygen atoms in total. The summed E-state index contributed by atoms with van der Waals surface area (Å²) in [4.78, 5) is 32.0. The Morgan fingerprint density at radius 2 is 1.70 bits per heavy atom. The Hall–Kier alpha value is -3.73. The second kappa shape index (κ2) is 9.41. The standard InChI is InChI=1S/C28H28N2O3/c1-4-19-7-9-23(10-8-19)26(31)24-25(22-13-11-21(12-14-22)18(2)3)30(28(33)27(24)32)17-20-6-5-15-29-16-20/h5-16,18,25,31H,4,17H2,1-3H3/b26-24-. The number of aryl methyl sites for hydroxylation is 1. The van der Waals surface area contributed by atoms with E-state index in [1.165, 1.54) is 4.90 Å². The van der Waals surface area contributed by atoms with Crippen molar-refractivity contribution in [2.24, 2.45) is 0 Å². The molecule has 1 aliphatic heterocycles. The van der Waals surface area contributed by atoms with E-state index in [0.29, 0.717) is 11.5 Å². The van der Waals surface area contributed by atoms with Crippen molar-refractivity contribution in [3.8, 4) is 0 Å². The van der Waals surface area contributed by atoms with Crippen molar-refractivity contribution in [1.82, 2.24) is 9.88 Å². The second-order valence-electron chi connectivity index (χ2n) is 8.66. The number of aliphatic hydroxyl groups is 1. The Labute approximate surface area is 194 Å². The van der Waals surface area contributed by atoms with E-state index in [9.17, 15) is 14.7 Å². The zero-order valence-electron chi connectivity index (χ0n) is 19.2. The van der Waals surface area contributed by atoms with Gasteiger partial charge in [0.15, 0.2) is 0 Å². The van der Waals surface area contributed by atoms with Crippen LogP contribution in [0.2, 0.25) is 0 Å². The number of pyridine rings is 1. The molecule has 1 saturated heterocycles. The molecular weight excluding hydrogens is 412 g/mol. The fourth-order valence-electron chi connectivity index (χ4n) is 4.20. The van der Waals surface area contributed by atoms with Gasteiger partial charge in [0.05, 0.1) is 11.6 Å². The summed E-state index contributed by atoms with van der Waals surface area (Å²) in [6.45, 7) is 6.51. The summed E-state index contributed by atoms with van der Waals surface area (Å²) in [6.07, 6.45) is 4.22. The van der Waals surface area contributed by atoms with E-state index >= 15 is 0 Å². The van der Waals surface area contributed by atoms with Gasteiger partial charge in [0.1, 0.15) is 5.76 Å². The molecule has 1 amide bonds. The number of hydrogen-bond acceptors (Lipinski definition) is 4. The van der Waals surface area contributed by atoms with Crippen LogP contribution in [0, 0.1) is 0 Å². The van der Waals surface area contributed by atoms with Crippen LogP contribution >= 0.6 is 0 Å². The van der Waals surface area contributed by atoms with Gasteiger partial charge < -0.3 is 10.0 Å². The van der Waals surface area contributed by atoms with Crippen molar-refractivity contribution in [2.75, 3.05) is 0 Å². The second-order valence-corrected chi connectivity index (χ2v) is 8.66. The highest BCUT2D eigenvalue weighted by molar-refractivity contribution is 6.46. The largest absolute Gasteiger partial charge is 0.507 e. The van der Waals surface area contributed by atoms with Gasteiger partial charge in [-0.2, -0.15) is 0 Å². The minimum absolute atomic E-state index is 0.116. The zero-order valence-corrected chi connectivity index (χ0v) is 19.2. The first-order valence-electron chi connectivity index (χ1n) is 11.3. The Kier molecular flexibility index (Phi) is 6.40. The van der Waals surface area contributed by atoms with Crippen LogP contribution in [-0.4, -0.2) is 26.7 Å². The molecule has 2 heterocycles. The van der Waals surface area contributed by atoms with Crippen molar-refractivity contribution < 1.29 is 14.7 Å². The molecule has 2 aromatic carbocycles. The molecule has 1 aromatic heterocycles. The van der Waals surface area contributed by atoms with Gasteiger partial charge in [0, 0.05) is 24.5 Å². The van der Waals surface area contributed by atoms with Crippen LogP contribution in [0.3, 0.4) is 0 Å². The maximum atomic E-state index is 13.2. The van der Waals surface area contributed by atoms with E-state index in [4.69, 9.17) is 0 Å². The quantitative estimate of drug-likeness (QED) is 0.317. The minimum atomic E-state index is -0.683. The molecule has 3 aromatic rings. The van der Waals surface area contributed by atoms with Crippen LogP contribution in [0.4, 0.5) is 0 Å². The van der Waals surface area contributed by atoms with Gasteiger partial charge in [-0.15, -0.1) is 0 Å². The first kappa shape index (κ1) is 22.5. The predicted octanol–water partition coefficient (Wildman–Crippen LogP) is 5.39. The van der Waals surface area contributed by atoms with Crippen LogP contribution in [0.25, 0.3) is 5.76 Å². The lowest BCUT2D eigenvalue weighted by Crippen LogP contribution is -2.29. The van der Waals surface area contributed by atoms with Crippen molar-refractivity contribution in [1.29, 1.82) is 0 Å². The molecule has 0 aliphatic carbocycles. The van der Waals surface area contributed by atoms with Crippen molar-refractivity contribution >= 4 is 17.4 Å². The number of nitrogens with zero attached hydrogens (tertiary/aromatic N) is 2. The summed E-state index contributed by atoms with van der Waals surface area (Å²) >= 11 is 0. The Morgan fingerprint density at radius 1 is 1.00 bits per heavy atom. The number of hydrogen-bond donors (Lipinski definition) is 1. The molecule has 0 spiro atoms. The van der Waals surface area contributed by atoms with E-state index in [1.807, 2.05) is 42.5 Å². The van der Waals surface area contributed by atoms with E-state index < -0.39 is 17.7 Å². The predicted molar refractivity (Wildman–Crippen MR) is 128 cm³/mol. The Morgan fingerprint density at radius 3 is 2.27 bits per heavy atom. The van der Waals surface area contributed by atoms with Gasteiger partial charge in [-0.3, -0.25) is 14.6 Å². The van der Waals surface area contributed by atoms with Gasteiger partial charge in [-0.05, 0) is 40.7 Å². The number of rotatable bonds is 6. The number of carbonyl (C=O) groups is 2. The summed E-state index contributed by atoms with van der Waals surface area (Å²) in [6, 6.07) is 18.3. The van der Waals surface area contributed by atoms with Crippen molar-refractivity contribution in [2.45, 2.75) is 45.7 Å². The maximum absolute atomic E-state index is 13.2. The van der Waals surface area contributed by atoms with Crippen molar-refractivity contribution in [3.05, 3.63) is 106 Å². The molecule has 1 unspecified atom stereocenters. The molecule has 0 radical (unpaired) electrons. The molecule has 168 valence electrons. The van der Waals surface area contributed by atoms with E-state index in [-0.39, 0.29) is 17.9 Å². The monoisotopic (exact) mass is 440 g/mol. The van der Waals surface area contributed by atoms with Crippen molar-refractivity contribution in [3.63, 3.8) is 0 Å². The molecular formula is C28H28N2O3. The third kappa shape index (κ3) is 4.44. The maximum Gasteiger partial charge on any atom is 0.295 e. The first-order valence-corrected chi connectivity index (χ1v) is 11.3. The van der Waals surface area contributed by atoms with Crippen LogP contribution in [0.5, 0.6) is 0 Å². The molecule has 4 rings (SSSR count). The number of aliphatic hydroxyl groups excluding tert-OH is 1. The number of aromatic nitrogens is 1. The molecule has 0 saturated carbocycles. The highest BCUT2D eigenvalue weighted by Crippen LogP contribution is 2.40. The number of ketones is 1. The molecule has 33 heavy (non-hydrogen) atoms. The van der Waals surface area contributed by atoms with Gasteiger partial charge in [0.25, 0.3) is 11.7 Å². The van der Waals surface area contributed by atoms with E-state index in [0.717, 1.165) is 28.7 Å². The third-order valence-corrected chi connectivity index (χ3v) is 6.17. The van der Waals surface area contributed by atoms with Crippen LogP contribution in [0.1, 0.15) is 60.5 Å². The molecule has 1 aliphatic rings. The normalized spacial score (nSPS) is 17.7. The van der Waals surface area contributed by atoms with Gasteiger partial charge in [-0.1, -0.05) is 75.4 Å².